The Labute approximate surface area is 169 Å². The topological polar surface area (TPSA) is 57.2 Å². The largest absolute Gasteiger partial charge is 0.519 e. The number of rotatable bonds is 17. The highest BCUT2D eigenvalue weighted by Gasteiger charge is 2.39. The third-order valence-corrected chi connectivity index (χ3v) is 12.8. The third-order valence-electron chi connectivity index (χ3n) is 5.08. The Morgan fingerprint density at radius 1 is 0.815 bits per heavy atom. The van der Waals surface area contributed by atoms with E-state index in [4.69, 9.17) is 17.7 Å². The van der Waals surface area contributed by atoms with Crippen LogP contribution in [0.25, 0.3) is 0 Å². The van der Waals surface area contributed by atoms with E-state index in [2.05, 4.69) is 25.7 Å². The number of carbonyl (C=O) groups is 1. The molecule has 0 aromatic heterocycles. The van der Waals surface area contributed by atoms with E-state index in [1.807, 2.05) is 27.8 Å². The van der Waals surface area contributed by atoms with Gasteiger partial charge < -0.3 is 22.6 Å². The van der Waals surface area contributed by atoms with Crippen LogP contribution in [0.3, 0.4) is 0 Å². The summed E-state index contributed by atoms with van der Waals surface area (Å²) in [5, 5.41) is 0. The first kappa shape index (κ1) is 26.7. The van der Waals surface area contributed by atoms with Gasteiger partial charge in [-0.1, -0.05) is 20.8 Å². The summed E-state index contributed by atoms with van der Waals surface area (Å²) in [6, 6.07) is 3.80. The van der Waals surface area contributed by atoms with Gasteiger partial charge >= 0.3 is 8.80 Å². The summed E-state index contributed by atoms with van der Waals surface area (Å²) in [6.45, 7) is 15.8. The van der Waals surface area contributed by atoms with Crippen LogP contribution in [-0.2, 0) is 22.5 Å². The zero-order valence-corrected chi connectivity index (χ0v) is 20.8. The first-order chi connectivity index (χ1) is 12.9. The van der Waals surface area contributed by atoms with Gasteiger partial charge in [0.25, 0.3) is 14.3 Å². The Bertz CT molecular complexity index is 369. The highest BCUT2D eigenvalue weighted by Crippen LogP contribution is 2.22. The molecule has 0 unspecified atom stereocenters. The quantitative estimate of drug-likeness (QED) is 0.326. The monoisotopic (exact) mass is 421 g/mol. The van der Waals surface area contributed by atoms with Crippen molar-refractivity contribution >= 4 is 23.1 Å². The molecule has 0 aliphatic rings. The van der Waals surface area contributed by atoms with Crippen molar-refractivity contribution in [1.82, 2.24) is 4.90 Å². The molecule has 0 aromatic rings. The lowest BCUT2D eigenvalue weighted by Crippen LogP contribution is -2.46. The minimum Gasteiger partial charge on any atom is -0.519 e. The maximum atomic E-state index is 12.3. The second kappa shape index (κ2) is 14.7. The number of carbonyl (C=O) groups excluding carboxylic acids is 1. The Hall–Kier alpha value is -0.256. The summed E-state index contributed by atoms with van der Waals surface area (Å²) in [6.07, 6.45) is 1.38. The van der Waals surface area contributed by atoms with E-state index in [1.54, 1.807) is 0 Å². The summed E-state index contributed by atoms with van der Waals surface area (Å²) in [5.41, 5.74) is 0. The molecular weight excluding hydrogens is 378 g/mol. The molecule has 162 valence electrons. The Balaban J connectivity index is 4.38. The summed E-state index contributed by atoms with van der Waals surface area (Å²) in [5.74, 6) is -0.0410. The van der Waals surface area contributed by atoms with Crippen molar-refractivity contribution in [1.29, 1.82) is 0 Å². The highest BCUT2D eigenvalue weighted by molar-refractivity contribution is 6.74. The van der Waals surface area contributed by atoms with Crippen LogP contribution in [0.1, 0.15) is 54.4 Å². The van der Waals surface area contributed by atoms with Gasteiger partial charge in [0.1, 0.15) is 0 Å². The molecule has 0 radical (unpaired) electrons. The molecule has 0 atom stereocenters. The van der Waals surface area contributed by atoms with Gasteiger partial charge in [0, 0.05) is 32.4 Å². The van der Waals surface area contributed by atoms with Crippen LogP contribution < -0.4 is 0 Å². The first-order valence-electron chi connectivity index (χ1n) is 10.7. The predicted molar refractivity (Wildman–Crippen MR) is 115 cm³/mol. The van der Waals surface area contributed by atoms with E-state index >= 15 is 0 Å². The van der Waals surface area contributed by atoms with Crippen LogP contribution in [0.5, 0.6) is 0 Å². The number of hydrogen-bond donors (Lipinski definition) is 0. The molecule has 0 heterocycles. The van der Waals surface area contributed by atoms with Crippen LogP contribution in [0.4, 0.5) is 0 Å². The van der Waals surface area contributed by atoms with Crippen molar-refractivity contribution < 1.29 is 22.5 Å². The lowest BCUT2D eigenvalue weighted by molar-refractivity contribution is -0.135. The zero-order valence-electron chi connectivity index (χ0n) is 18.8. The van der Waals surface area contributed by atoms with Crippen molar-refractivity contribution in [3.8, 4) is 0 Å². The molecule has 27 heavy (non-hydrogen) atoms. The second-order valence-electron chi connectivity index (χ2n) is 6.86. The smallest absolute Gasteiger partial charge is 0.500 e. The molecule has 0 aliphatic carbocycles. The molecule has 0 saturated carbocycles. The van der Waals surface area contributed by atoms with Gasteiger partial charge in [-0.15, -0.1) is 0 Å². The molecule has 0 N–H and O–H groups in total. The van der Waals surface area contributed by atoms with E-state index in [1.165, 1.54) is 0 Å². The third kappa shape index (κ3) is 10.2. The van der Waals surface area contributed by atoms with E-state index in [-0.39, 0.29) is 5.97 Å². The van der Waals surface area contributed by atoms with E-state index in [0.29, 0.717) is 32.8 Å². The molecule has 6 nitrogen and oxygen atoms in total. The molecule has 0 bridgehead atoms. The van der Waals surface area contributed by atoms with Crippen molar-refractivity contribution in [2.24, 2.45) is 0 Å². The summed E-state index contributed by atoms with van der Waals surface area (Å²) in [4.78, 5) is 14.4. The minimum atomic E-state index is -2.57. The molecule has 0 saturated heterocycles. The minimum absolute atomic E-state index is 0.0410. The first-order valence-corrected chi connectivity index (χ1v) is 15.1. The van der Waals surface area contributed by atoms with Crippen LogP contribution in [0, 0.1) is 0 Å². The lowest BCUT2D eigenvalue weighted by atomic mass is 10.3. The second-order valence-corrected chi connectivity index (χ2v) is 14.3. The summed E-state index contributed by atoms with van der Waals surface area (Å²) in [7, 11) is -2.36. The van der Waals surface area contributed by atoms with E-state index in [0.717, 1.165) is 37.1 Å². The molecule has 0 fully saturated rings. The van der Waals surface area contributed by atoms with E-state index < -0.39 is 17.1 Å². The van der Waals surface area contributed by atoms with Crippen LogP contribution in [0.15, 0.2) is 0 Å². The van der Waals surface area contributed by atoms with Gasteiger partial charge in [0.2, 0.25) is 0 Å². The predicted octanol–water partition coefficient (Wildman–Crippen LogP) is 4.30. The van der Waals surface area contributed by atoms with Gasteiger partial charge in [0.15, 0.2) is 0 Å². The Morgan fingerprint density at radius 3 is 1.70 bits per heavy atom. The van der Waals surface area contributed by atoms with Gasteiger partial charge in [-0.3, -0.25) is 4.79 Å². The Kier molecular flexibility index (Phi) is 14.6. The lowest BCUT2D eigenvalue weighted by Gasteiger charge is -2.29. The van der Waals surface area contributed by atoms with Crippen molar-refractivity contribution in [2.75, 3.05) is 40.0 Å². The van der Waals surface area contributed by atoms with Crippen molar-refractivity contribution in [2.45, 2.75) is 78.6 Å². The van der Waals surface area contributed by atoms with Crippen LogP contribution in [-0.4, -0.2) is 67.9 Å². The average Bonchev–Trinajstić information content (AvgIpc) is 2.65. The van der Waals surface area contributed by atoms with E-state index in [9.17, 15) is 4.79 Å². The highest BCUT2D eigenvalue weighted by atomic mass is 28.4. The SMILES string of the molecule is CCO[Si](CCCN(C)CCC(=O)O[Si](CC)(CC)CC)(OCC)OCC. The fourth-order valence-corrected chi connectivity index (χ4v) is 8.33. The number of nitrogens with zero attached hydrogens (tertiary/aromatic N) is 1. The normalized spacial score (nSPS) is 12.6. The molecule has 0 rings (SSSR count). The van der Waals surface area contributed by atoms with Crippen molar-refractivity contribution in [3.63, 3.8) is 0 Å². The fourth-order valence-electron chi connectivity index (χ4n) is 3.22. The standard InChI is InChI=1S/C19H43NO5Si2/c1-8-22-27(23-9-2,24-10-3)18-14-16-20(7)17-15-19(21)25-26(11-4,12-5)13-6/h8-18H2,1-7H3. The summed E-state index contributed by atoms with van der Waals surface area (Å²) >= 11 is 0. The molecule has 0 amide bonds. The molecule has 0 aromatic carbocycles. The van der Waals surface area contributed by atoms with Gasteiger partial charge in [-0.2, -0.15) is 0 Å². The maximum Gasteiger partial charge on any atom is 0.500 e. The van der Waals surface area contributed by atoms with Crippen LogP contribution >= 0.6 is 0 Å². The number of hydrogen-bond acceptors (Lipinski definition) is 6. The van der Waals surface area contributed by atoms with Gasteiger partial charge in [-0.05, 0) is 58.9 Å². The molecule has 0 aliphatic heterocycles. The summed E-state index contributed by atoms with van der Waals surface area (Å²) < 4.78 is 23.6. The molecular formula is C19H43NO5Si2. The molecule has 0 spiro atoms. The fraction of sp³-hybridized carbons (Fsp3) is 0.947. The van der Waals surface area contributed by atoms with Crippen LogP contribution in [0.2, 0.25) is 24.2 Å². The average molecular weight is 422 g/mol. The molecule has 8 heteroatoms. The van der Waals surface area contributed by atoms with Gasteiger partial charge in [-0.25, -0.2) is 0 Å². The maximum absolute atomic E-state index is 12.3. The Morgan fingerprint density at radius 2 is 1.30 bits per heavy atom. The zero-order chi connectivity index (χ0) is 20.8. The van der Waals surface area contributed by atoms with Gasteiger partial charge in [0.05, 0.1) is 6.42 Å². The van der Waals surface area contributed by atoms with Crippen molar-refractivity contribution in [3.05, 3.63) is 0 Å².